The zero-order chi connectivity index (χ0) is 13.1. The Hall–Kier alpha value is -0.910. The molecule has 1 saturated heterocycles. The predicted molar refractivity (Wildman–Crippen MR) is 71.2 cm³/mol. The molecule has 0 bridgehead atoms. The minimum Gasteiger partial charge on any atom is -0.481 e. The molecular formula is C13H19NO3S. The number of thiophene rings is 1. The van der Waals surface area contributed by atoms with E-state index in [0.717, 1.165) is 13.1 Å². The summed E-state index contributed by atoms with van der Waals surface area (Å²) in [4.78, 5) is 15.8. The number of aryl methyl sites for hydroxylation is 2. The molecule has 1 unspecified atom stereocenters. The second-order valence-corrected chi connectivity index (χ2v) is 6.09. The second kappa shape index (κ2) is 5.82. The highest BCUT2D eigenvalue weighted by Gasteiger charge is 2.26. The fourth-order valence-corrected chi connectivity index (χ4v) is 3.45. The molecule has 0 radical (unpaired) electrons. The van der Waals surface area contributed by atoms with Crippen LogP contribution in [0.3, 0.4) is 0 Å². The van der Waals surface area contributed by atoms with Crippen LogP contribution in [0, 0.1) is 13.8 Å². The third-order valence-electron chi connectivity index (χ3n) is 3.29. The van der Waals surface area contributed by atoms with Gasteiger partial charge in [0, 0.05) is 28.9 Å². The smallest absolute Gasteiger partial charge is 0.305 e. The molecule has 0 saturated carbocycles. The Bertz CT molecular complexity index is 424. The topological polar surface area (TPSA) is 49.8 Å². The lowest BCUT2D eigenvalue weighted by atomic mass is 10.0. The van der Waals surface area contributed by atoms with Gasteiger partial charge in [0.25, 0.3) is 0 Å². The first-order valence-electron chi connectivity index (χ1n) is 6.18. The number of carbonyl (C=O) groups is 1. The van der Waals surface area contributed by atoms with E-state index in [2.05, 4.69) is 24.8 Å². The maximum Gasteiger partial charge on any atom is 0.305 e. The maximum absolute atomic E-state index is 11.1. The number of carboxylic acids is 1. The molecule has 0 aliphatic carbocycles. The van der Waals surface area contributed by atoms with E-state index in [-0.39, 0.29) is 12.5 Å². The quantitative estimate of drug-likeness (QED) is 0.910. The van der Waals surface area contributed by atoms with Crippen LogP contribution in [0.15, 0.2) is 6.07 Å². The van der Waals surface area contributed by atoms with Crippen LogP contribution in [-0.4, -0.2) is 42.3 Å². The lowest BCUT2D eigenvalue weighted by Crippen LogP contribution is -2.40. The largest absolute Gasteiger partial charge is 0.481 e. The fourth-order valence-electron chi connectivity index (χ4n) is 2.47. The Kier molecular flexibility index (Phi) is 4.37. The molecule has 1 atom stereocenters. The van der Waals surface area contributed by atoms with Crippen molar-refractivity contribution >= 4 is 17.3 Å². The summed E-state index contributed by atoms with van der Waals surface area (Å²) in [6.07, 6.45) is 0.164. The van der Waals surface area contributed by atoms with Crippen LogP contribution in [-0.2, 0) is 9.53 Å². The van der Waals surface area contributed by atoms with Gasteiger partial charge >= 0.3 is 5.97 Å². The van der Waals surface area contributed by atoms with E-state index in [1.807, 2.05) is 0 Å². The molecule has 5 heteroatoms. The van der Waals surface area contributed by atoms with Gasteiger partial charge in [-0.25, -0.2) is 0 Å². The lowest BCUT2D eigenvalue weighted by molar-refractivity contribution is -0.139. The number of ether oxygens (including phenoxy) is 1. The second-order valence-electron chi connectivity index (χ2n) is 4.63. The minimum absolute atomic E-state index is 0.0173. The molecule has 1 aromatic rings. The standard InChI is InChI=1S/C13H19NO3S/c1-9-7-11(10(2)18-9)12(8-13(15)16)14-3-5-17-6-4-14/h7,12H,3-6,8H2,1-2H3,(H,15,16). The van der Waals surface area contributed by atoms with Crippen LogP contribution in [0.4, 0.5) is 0 Å². The molecule has 2 heterocycles. The molecule has 0 amide bonds. The molecule has 1 aliphatic rings. The highest BCUT2D eigenvalue weighted by molar-refractivity contribution is 7.12. The van der Waals surface area contributed by atoms with Crippen LogP contribution in [0.2, 0.25) is 0 Å². The van der Waals surface area contributed by atoms with E-state index in [0.29, 0.717) is 13.2 Å². The Morgan fingerprint density at radius 3 is 2.67 bits per heavy atom. The van der Waals surface area contributed by atoms with Gasteiger partial charge in [-0.1, -0.05) is 0 Å². The van der Waals surface area contributed by atoms with Crippen molar-refractivity contribution in [2.45, 2.75) is 26.3 Å². The molecule has 1 fully saturated rings. The van der Waals surface area contributed by atoms with E-state index in [4.69, 9.17) is 9.84 Å². The summed E-state index contributed by atoms with van der Waals surface area (Å²) in [7, 11) is 0. The minimum atomic E-state index is -0.741. The first-order chi connectivity index (χ1) is 8.58. The summed E-state index contributed by atoms with van der Waals surface area (Å²) < 4.78 is 5.34. The highest BCUT2D eigenvalue weighted by atomic mass is 32.1. The van der Waals surface area contributed by atoms with Crippen molar-refractivity contribution in [3.8, 4) is 0 Å². The van der Waals surface area contributed by atoms with Crippen LogP contribution in [0.5, 0.6) is 0 Å². The van der Waals surface area contributed by atoms with E-state index >= 15 is 0 Å². The molecule has 18 heavy (non-hydrogen) atoms. The van der Waals surface area contributed by atoms with E-state index in [1.54, 1.807) is 11.3 Å². The lowest BCUT2D eigenvalue weighted by Gasteiger charge is -2.34. The maximum atomic E-state index is 11.1. The first kappa shape index (κ1) is 13.5. The van der Waals surface area contributed by atoms with Gasteiger partial charge in [-0.15, -0.1) is 11.3 Å². The van der Waals surface area contributed by atoms with Gasteiger partial charge in [0.1, 0.15) is 0 Å². The average Bonchev–Trinajstić information content (AvgIpc) is 2.66. The van der Waals surface area contributed by atoms with Gasteiger partial charge in [0.05, 0.1) is 19.6 Å². The van der Waals surface area contributed by atoms with Gasteiger partial charge in [-0.2, -0.15) is 0 Å². The number of nitrogens with zero attached hydrogens (tertiary/aromatic N) is 1. The molecule has 0 spiro atoms. The third kappa shape index (κ3) is 3.10. The van der Waals surface area contributed by atoms with Crippen LogP contribution in [0.25, 0.3) is 0 Å². The highest BCUT2D eigenvalue weighted by Crippen LogP contribution is 2.32. The van der Waals surface area contributed by atoms with Gasteiger partial charge in [-0.3, -0.25) is 9.69 Å². The van der Waals surface area contributed by atoms with Gasteiger partial charge in [0.15, 0.2) is 0 Å². The summed E-state index contributed by atoms with van der Waals surface area (Å²) in [5.41, 5.74) is 1.17. The van der Waals surface area contributed by atoms with Crippen LogP contribution < -0.4 is 0 Å². The number of aliphatic carboxylic acids is 1. The molecule has 1 N–H and O–H groups in total. The number of morpholine rings is 1. The van der Waals surface area contributed by atoms with E-state index in [1.165, 1.54) is 15.3 Å². The molecule has 0 aromatic carbocycles. The van der Waals surface area contributed by atoms with Crippen molar-refractivity contribution in [3.05, 3.63) is 21.4 Å². The first-order valence-corrected chi connectivity index (χ1v) is 7.00. The predicted octanol–water partition coefficient (Wildman–Crippen LogP) is 2.21. The van der Waals surface area contributed by atoms with Gasteiger partial charge in [-0.05, 0) is 25.5 Å². The third-order valence-corrected chi connectivity index (χ3v) is 4.27. The zero-order valence-electron chi connectivity index (χ0n) is 10.8. The van der Waals surface area contributed by atoms with E-state index in [9.17, 15) is 4.79 Å². The van der Waals surface area contributed by atoms with Crippen LogP contribution >= 0.6 is 11.3 Å². The Labute approximate surface area is 111 Å². The van der Waals surface area contributed by atoms with Crippen molar-refractivity contribution < 1.29 is 14.6 Å². The number of hydrogen-bond donors (Lipinski definition) is 1. The fraction of sp³-hybridized carbons (Fsp3) is 0.615. The number of hydrogen-bond acceptors (Lipinski definition) is 4. The Morgan fingerprint density at radius 2 is 2.17 bits per heavy atom. The molecular weight excluding hydrogens is 250 g/mol. The summed E-state index contributed by atoms with van der Waals surface area (Å²) in [5, 5.41) is 9.12. The Morgan fingerprint density at radius 1 is 1.50 bits per heavy atom. The normalized spacial score (nSPS) is 18.8. The van der Waals surface area contributed by atoms with Gasteiger partial charge in [0.2, 0.25) is 0 Å². The molecule has 1 aromatic heterocycles. The van der Waals surface area contributed by atoms with Crippen molar-refractivity contribution in [3.63, 3.8) is 0 Å². The SMILES string of the molecule is Cc1cc(C(CC(=O)O)N2CCOCC2)c(C)s1. The monoisotopic (exact) mass is 269 g/mol. The summed E-state index contributed by atoms with van der Waals surface area (Å²) in [5.74, 6) is -0.741. The molecule has 100 valence electrons. The molecule has 4 nitrogen and oxygen atoms in total. The number of carboxylic acid groups (broad SMARTS) is 1. The van der Waals surface area contributed by atoms with Crippen molar-refractivity contribution in [2.75, 3.05) is 26.3 Å². The molecule has 2 rings (SSSR count). The van der Waals surface area contributed by atoms with Crippen molar-refractivity contribution in [1.82, 2.24) is 4.90 Å². The molecule has 1 aliphatic heterocycles. The van der Waals surface area contributed by atoms with E-state index < -0.39 is 5.97 Å². The summed E-state index contributed by atoms with van der Waals surface area (Å²) >= 11 is 1.74. The van der Waals surface area contributed by atoms with Crippen molar-refractivity contribution in [1.29, 1.82) is 0 Å². The zero-order valence-corrected chi connectivity index (χ0v) is 11.6. The van der Waals surface area contributed by atoms with Gasteiger partial charge < -0.3 is 9.84 Å². The van der Waals surface area contributed by atoms with Crippen molar-refractivity contribution in [2.24, 2.45) is 0 Å². The average molecular weight is 269 g/mol. The van der Waals surface area contributed by atoms with Crippen LogP contribution in [0.1, 0.15) is 27.8 Å². The summed E-state index contributed by atoms with van der Waals surface area (Å²) in [6.45, 7) is 7.15. The summed E-state index contributed by atoms with van der Waals surface area (Å²) in [6, 6.07) is 2.11. The number of rotatable bonds is 4. The Balaban J connectivity index is 2.23.